The lowest BCUT2D eigenvalue weighted by Gasteiger charge is -2.08. The summed E-state index contributed by atoms with van der Waals surface area (Å²) >= 11 is 0. The number of carbonyl (C=O) groups is 2. The third-order valence-corrected chi connectivity index (χ3v) is 3.29. The normalized spacial score (nSPS) is 10.2. The van der Waals surface area contributed by atoms with Gasteiger partial charge in [0.1, 0.15) is 0 Å². The molecule has 0 radical (unpaired) electrons. The van der Waals surface area contributed by atoms with E-state index in [1.54, 1.807) is 18.2 Å². The molecule has 0 atom stereocenters. The lowest BCUT2D eigenvalue weighted by molar-refractivity contribution is -0.385. The maximum Gasteiger partial charge on any atom is 0.307 e. The van der Waals surface area contributed by atoms with E-state index in [4.69, 9.17) is 5.11 Å². The Balaban J connectivity index is 2.17. The predicted octanol–water partition coefficient (Wildman–Crippen LogP) is 1.81. The van der Waals surface area contributed by atoms with E-state index in [9.17, 15) is 29.9 Å². The minimum Gasteiger partial charge on any atom is -0.504 e. The summed E-state index contributed by atoms with van der Waals surface area (Å²) in [4.78, 5) is 33.0. The summed E-state index contributed by atoms with van der Waals surface area (Å²) in [5.74, 6) is -2.84. The van der Waals surface area contributed by atoms with Gasteiger partial charge in [0.2, 0.25) is 5.91 Å². The van der Waals surface area contributed by atoms with Gasteiger partial charge in [-0.25, -0.2) is 0 Å². The number of phenolic OH excluding ortho intramolecular Hbond substituents is 2. The van der Waals surface area contributed by atoms with Gasteiger partial charge in [-0.2, -0.15) is 0 Å². The molecule has 1 amide bonds. The first kappa shape index (κ1) is 17.7. The molecule has 2 aromatic rings. The number of hydrogen-bond donors (Lipinski definition) is 4. The van der Waals surface area contributed by atoms with Crippen LogP contribution in [0.25, 0.3) is 0 Å². The fraction of sp³-hybridized carbons (Fsp3) is 0.125. The molecule has 9 heteroatoms. The second-order valence-corrected chi connectivity index (χ2v) is 5.22. The highest BCUT2D eigenvalue weighted by Gasteiger charge is 2.20. The van der Waals surface area contributed by atoms with Crippen molar-refractivity contribution in [1.29, 1.82) is 0 Å². The van der Waals surface area contributed by atoms with Crippen LogP contribution in [-0.4, -0.2) is 32.1 Å². The van der Waals surface area contributed by atoms with Gasteiger partial charge in [0.15, 0.2) is 11.5 Å². The number of benzene rings is 2. The number of aliphatic carboxylic acids is 1. The lowest BCUT2D eigenvalue weighted by atomic mass is 10.1. The zero-order chi connectivity index (χ0) is 18.6. The van der Waals surface area contributed by atoms with Gasteiger partial charge >= 0.3 is 5.97 Å². The van der Waals surface area contributed by atoms with Crippen molar-refractivity contribution in [3.63, 3.8) is 0 Å². The van der Waals surface area contributed by atoms with E-state index < -0.39 is 40.4 Å². The maximum atomic E-state index is 12.1. The second-order valence-electron chi connectivity index (χ2n) is 5.22. The first-order chi connectivity index (χ1) is 11.8. The van der Waals surface area contributed by atoms with Crippen molar-refractivity contribution >= 4 is 23.3 Å². The molecule has 0 spiro atoms. The highest BCUT2D eigenvalue weighted by Crippen LogP contribution is 2.33. The van der Waals surface area contributed by atoms with Crippen LogP contribution in [0, 0.1) is 10.1 Å². The summed E-state index contributed by atoms with van der Waals surface area (Å²) < 4.78 is 0. The quantitative estimate of drug-likeness (QED) is 0.354. The third-order valence-electron chi connectivity index (χ3n) is 3.29. The van der Waals surface area contributed by atoms with E-state index in [-0.39, 0.29) is 12.0 Å². The van der Waals surface area contributed by atoms with Crippen molar-refractivity contribution in [2.75, 3.05) is 5.32 Å². The number of carboxylic acids is 1. The van der Waals surface area contributed by atoms with Crippen molar-refractivity contribution in [3.05, 3.63) is 57.6 Å². The number of phenols is 2. The number of hydrogen-bond acceptors (Lipinski definition) is 6. The van der Waals surface area contributed by atoms with Crippen LogP contribution < -0.4 is 5.32 Å². The Hall–Kier alpha value is -3.62. The van der Waals surface area contributed by atoms with E-state index in [0.29, 0.717) is 11.3 Å². The Kier molecular flexibility index (Phi) is 5.18. The van der Waals surface area contributed by atoms with Gasteiger partial charge in [-0.1, -0.05) is 12.1 Å². The van der Waals surface area contributed by atoms with Gasteiger partial charge < -0.3 is 20.6 Å². The molecule has 0 aliphatic rings. The zero-order valence-electron chi connectivity index (χ0n) is 12.8. The summed E-state index contributed by atoms with van der Waals surface area (Å²) in [6.45, 7) is 0. The number of nitrogens with one attached hydrogen (secondary N) is 1. The Bertz CT molecular complexity index is 848. The van der Waals surface area contributed by atoms with Gasteiger partial charge in [0.05, 0.1) is 23.8 Å². The molecule has 0 saturated heterocycles. The van der Waals surface area contributed by atoms with Crippen LogP contribution >= 0.6 is 0 Å². The fourth-order valence-electron chi connectivity index (χ4n) is 2.23. The van der Waals surface area contributed by atoms with Gasteiger partial charge in [0, 0.05) is 11.3 Å². The maximum absolute atomic E-state index is 12.1. The fourth-order valence-corrected chi connectivity index (χ4v) is 2.23. The number of carboxylic acid groups (broad SMARTS) is 1. The van der Waals surface area contributed by atoms with Gasteiger partial charge in [-0.05, 0) is 23.8 Å². The van der Waals surface area contributed by atoms with Crippen molar-refractivity contribution < 1.29 is 29.8 Å². The minimum atomic E-state index is -1.02. The average molecular weight is 346 g/mol. The summed E-state index contributed by atoms with van der Waals surface area (Å²) in [5.41, 5.74) is 0.262. The molecule has 0 bridgehead atoms. The van der Waals surface area contributed by atoms with Crippen LogP contribution in [0.1, 0.15) is 11.1 Å². The smallest absolute Gasteiger partial charge is 0.307 e. The van der Waals surface area contributed by atoms with Gasteiger partial charge in [-0.3, -0.25) is 19.7 Å². The molecular formula is C16H14N2O7. The average Bonchev–Trinajstić information content (AvgIpc) is 2.50. The van der Waals surface area contributed by atoms with Crippen molar-refractivity contribution in [2.24, 2.45) is 0 Å². The molecule has 25 heavy (non-hydrogen) atoms. The summed E-state index contributed by atoms with van der Waals surface area (Å²) in [6, 6.07) is 7.91. The Morgan fingerprint density at radius 1 is 1.08 bits per heavy atom. The monoisotopic (exact) mass is 346 g/mol. The van der Waals surface area contributed by atoms with Gasteiger partial charge in [0.25, 0.3) is 5.69 Å². The van der Waals surface area contributed by atoms with Crippen LogP contribution in [0.15, 0.2) is 36.4 Å². The first-order valence-corrected chi connectivity index (χ1v) is 7.06. The molecule has 0 unspecified atom stereocenters. The number of amides is 1. The SMILES string of the molecule is O=C(O)Cc1cccc(NC(=O)Cc2cc(O)c(O)cc2[N+](=O)[O-])c1. The van der Waals surface area contributed by atoms with E-state index in [2.05, 4.69) is 5.32 Å². The second kappa shape index (κ2) is 7.30. The lowest BCUT2D eigenvalue weighted by Crippen LogP contribution is -2.15. The molecule has 2 rings (SSSR count). The molecule has 0 heterocycles. The number of anilines is 1. The van der Waals surface area contributed by atoms with Crippen LogP contribution in [0.5, 0.6) is 11.5 Å². The molecule has 2 aromatic carbocycles. The number of nitro groups is 1. The predicted molar refractivity (Wildman–Crippen MR) is 86.5 cm³/mol. The Morgan fingerprint density at radius 3 is 2.40 bits per heavy atom. The molecule has 0 aromatic heterocycles. The Labute approximate surface area is 141 Å². The van der Waals surface area contributed by atoms with Crippen LogP contribution in [0.3, 0.4) is 0 Å². The molecular weight excluding hydrogens is 332 g/mol. The zero-order valence-corrected chi connectivity index (χ0v) is 12.8. The van der Waals surface area contributed by atoms with Crippen LogP contribution in [-0.2, 0) is 22.4 Å². The van der Waals surface area contributed by atoms with E-state index in [0.717, 1.165) is 12.1 Å². The highest BCUT2D eigenvalue weighted by molar-refractivity contribution is 5.93. The number of aromatic hydroxyl groups is 2. The van der Waals surface area contributed by atoms with Crippen molar-refractivity contribution in [3.8, 4) is 11.5 Å². The number of rotatable bonds is 6. The minimum absolute atomic E-state index is 0.0699. The molecule has 130 valence electrons. The third kappa shape index (κ3) is 4.67. The molecule has 0 aliphatic carbocycles. The van der Waals surface area contributed by atoms with Crippen molar-refractivity contribution in [1.82, 2.24) is 0 Å². The number of nitrogens with zero attached hydrogens (tertiary/aromatic N) is 1. The van der Waals surface area contributed by atoms with Crippen LogP contribution in [0.4, 0.5) is 11.4 Å². The highest BCUT2D eigenvalue weighted by atomic mass is 16.6. The number of carbonyl (C=O) groups excluding carboxylic acids is 1. The summed E-state index contributed by atoms with van der Waals surface area (Å²) in [7, 11) is 0. The molecule has 4 N–H and O–H groups in total. The topological polar surface area (TPSA) is 150 Å². The Morgan fingerprint density at radius 2 is 1.76 bits per heavy atom. The first-order valence-electron chi connectivity index (χ1n) is 7.06. The molecule has 9 nitrogen and oxygen atoms in total. The summed E-state index contributed by atoms with van der Waals surface area (Å²) in [5, 5.41) is 41.1. The molecule has 0 saturated carbocycles. The standard InChI is InChI=1S/C16H14N2O7/c19-13-6-10(12(18(24)25)8-14(13)20)7-15(21)17-11-3-1-2-9(4-11)5-16(22)23/h1-4,6,8,19-20H,5,7H2,(H,17,21)(H,22,23). The molecule has 0 aliphatic heterocycles. The van der Waals surface area contributed by atoms with E-state index in [1.807, 2.05) is 0 Å². The summed E-state index contributed by atoms with van der Waals surface area (Å²) in [6.07, 6.45) is -0.617. The number of nitro benzene ring substituents is 1. The van der Waals surface area contributed by atoms with Gasteiger partial charge in [-0.15, -0.1) is 0 Å². The van der Waals surface area contributed by atoms with Crippen molar-refractivity contribution in [2.45, 2.75) is 12.8 Å². The van der Waals surface area contributed by atoms with Crippen LogP contribution in [0.2, 0.25) is 0 Å². The molecule has 0 fully saturated rings. The van der Waals surface area contributed by atoms with E-state index in [1.165, 1.54) is 6.07 Å². The van der Waals surface area contributed by atoms with E-state index >= 15 is 0 Å². The largest absolute Gasteiger partial charge is 0.504 e.